The first kappa shape index (κ1) is 17.8. The lowest BCUT2D eigenvalue weighted by atomic mass is 9.85. The van der Waals surface area contributed by atoms with Gasteiger partial charge in [0.25, 0.3) is 0 Å². The van der Waals surface area contributed by atoms with Gasteiger partial charge in [-0.25, -0.2) is 0 Å². The minimum atomic E-state index is -0.375. The summed E-state index contributed by atoms with van der Waals surface area (Å²) in [6, 6.07) is 7.76. The van der Waals surface area contributed by atoms with Gasteiger partial charge in [0.2, 0.25) is 0 Å². The number of aromatic nitrogens is 3. The second-order valence-electron chi connectivity index (χ2n) is 6.97. The van der Waals surface area contributed by atoms with E-state index in [1.807, 2.05) is 37.4 Å². The highest BCUT2D eigenvalue weighted by Gasteiger charge is 2.37. The van der Waals surface area contributed by atoms with Crippen molar-refractivity contribution in [1.29, 1.82) is 0 Å². The van der Waals surface area contributed by atoms with Gasteiger partial charge < -0.3 is 4.74 Å². The van der Waals surface area contributed by atoms with E-state index in [0.29, 0.717) is 17.7 Å². The molecule has 0 fully saturated rings. The lowest BCUT2D eigenvalue weighted by molar-refractivity contribution is 0.0350. The van der Waals surface area contributed by atoms with Crippen molar-refractivity contribution in [2.45, 2.75) is 45.6 Å². The number of ether oxygens (including phenoxy) is 1. The number of carbonyl (C=O) groups is 1. The molecule has 3 heterocycles. The molecule has 4 rings (SSSR count). The summed E-state index contributed by atoms with van der Waals surface area (Å²) < 4.78 is 6.21. The van der Waals surface area contributed by atoms with Gasteiger partial charge in [-0.3, -0.25) is 9.78 Å². The van der Waals surface area contributed by atoms with Gasteiger partial charge in [-0.2, -0.15) is 0 Å². The third-order valence-electron chi connectivity index (χ3n) is 5.17. The van der Waals surface area contributed by atoms with Crippen molar-refractivity contribution in [1.82, 2.24) is 15.2 Å². The number of benzene rings is 1. The monoisotopic (exact) mass is 379 g/mol. The third kappa shape index (κ3) is 3.25. The maximum Gasteiger partial charge on any atom is 0.170 e. The van der Waals surface area contributed by atoms with E-state index < -0.39 is 0 Å². The molecule has 3 aromatic rings. The summed E-state index contributed by atoms with van der Waals surface area (Å²) in [6.07, 6.45) is 5.66. The Hall–Kier alpha value is -2.60. The zero-order valence-electron chi connectivity index (χ0n) is 15.7. The summed E-state index contributed by atoms with van der Waals surface area (Å²) in [5, 5.41) is 10.2. The van der Waals surface area contributed by atoms with Crippen molar-refractivity contribution >= 4 is 17.1 Å². The molecule has 0 bridgehead atoms. The van der Waals surface area contributed by atoms with Gasteiger partial charge >= 0.3 is 0 Å². The van der Waals surface area contributed by atoms with Crippen LogP contribution in [0.3, 0.4) is 0 Å². The number of nitrogens with zero attached hydrogens (tertiary/aromatic N) is 3. The Labute approximate surface area is 162 Å². The van der Waals surface area contributed by atoms with Crippen LogP contribution in [0.5, 0.6) is 5.75 Å². The molecular formula is C21H21N3O2S. The fourth-order valence-electron chi connectivity index (χ4n) is 3.40. The van der Waals surface area contributed by atoms with Crippen LogP contribution in [0, 0.1) is 6.92 Å². The van der Waals surface area contributed by atoms with Crippen LogP contribution in [-0.2, 0) is 0 Å². The van der Waals surface area contributed by atoms with E-state index in [0.717, 1.165) is 39.5 Å². The molecule has 0 amide bonds. The molecule has 1 aliphatic rings. The average molecular weight is 379 g/mol. The van der Waals surface area contributed by atoms with Gasteiger partial charge in [0.1, 0.15) is 21.4 Å². The number of fused-ring (bicyclic) bond motifs is 1. The first-order chi connectivity index (χ1) is 13.0. The number of Topliss-reactive ketones (excluding diaryl/α,β-unsaturated/α-hetero) is 1. The number of carbonyl (C=O) groups excluding carboxylic acids is 1. The van der Waals surface area contributed by atoms with Gasteiger partial charge in [-0.05, 0) is 49.6 Å². The lowest BCUT2D eigenvalue weighted by Crippen LogP contribution is -2.40. The van der Waals surface area contributed by atoms with Crippen molar-refractivity contribution < 1.29 is 9.53 Å². The van der Waals surface area contributed by atoms with Gasteiger partial charge in [0.05, 0.1) is 12.0 Å². The normalized spacial score (nSPS) is 15.3. The summed E-state index contributed by atoms with van der Waals surface area (Å²) in [7, 11) is 0. The van der Waals surface area contributed by atoms with Crippen molar-refractivity contribution in [3.8, 4) is 26.9 Å². The van der Waals surface area contributed by atoms with Crippen molar-refractivity contribution in [2.75, 3.05) is 0 Å². The molecule has 0 saturated heterocycles. The average Bonchev–Trinajstić information content (AvgIpc) is 3.18. The van der Waals surface area contributed by atoms with Crippen molar-refractivity contribution in [2.24, 2.45) is 0 Å². The quantitative estimate of drug-likeness (QED) is 0.631. The summed E-state index contributed by atoms with van der Waals surface area (Å²) >= 11 is 1.49. The molecule has 138 valence electrons. The van der Waals surface area contributed by atoms with Gasteiger partial charge in [0.15, 0.2) is 5.78 Å². The number of aryl methyl sites for hydroxylation is 1. The molecule has 0 unspecified atom stereocenters. The Kier molecular flexibility index (Phi) is 4.52. The Morgan fingerprint density at radius 3 is 2.52 bits per heavy atom. The number of pyridine rings is 1. The molecule has 0 N–H and O–H groups in total. The molecule has 5 nitrogen and oxygen atoms in total. The van der Waals surface area contributed by atoms with E-state index >= 15 is 0 Å². The van der Waals surface area contributed by atoms with Gasteiger partial charge in [-0.1, -0.05) is 25.2 Å². The fourth-order valence-corrected chi connectivity index (χ4v) is 4.22. The SMILES string of the molecule is CCC1(CC)CC(=O)c2cc(-c3nnc(-c4cncc(C)c4)s3)ccc2O1. The minimum absolute atomic E-state index is 0.134. The number of ketones is 1. The second kappa shape index (κ2) is 6.85. The van der Waals surface area contributed by atoms with Crippen LogP contribution in [0.25, 0.3) is 21.1 Å². The van der Waals surface area contributed by atoms with Crippen molar-refractivity contribution in [3.05, 3.63) is 47.8 Å². The van der Waals surface area contributed by atoms with E-state index in [9.17, 15) is 4.79 Å². The van der Waals surface area contributed by atoms with E-state index in [4.69, 9.17) is 4.74 Å². The first-order valence-electron chi connectivity index (χ1n) is 9.16. The molecule has 2 aromatic heterocycles. The maximum absolute atomic E-state index is 12.7. The molecule has 1 aliphatic heterocycles. The summed E-state index contributed by atoms with van der Waals surface area (Å²) in [5.74, 6) is 0.806. The third-order valence-corrected chi connectivity index (χ3v) is 6.19. The molecular weight excluding hydrogens is 358 g/mol. The van der Waals surface area contributed by atoms with E-state index in [2.05, 4.69) is 29.0 Å². The van der Waals surface area contributed by atoms with Gasteiger partial charge in [0, 0.05) is 23.5 Å². The molecule has 0 spiro atoms. The Morgan fingerprint density at radius 2 is 1.81 bits per heavy atom. The fraction of sp³-hybridized carbons (Fsp3) is 0.333. The van der Waals surface area contributed by atoms with Gasteiger partial charge in [-0.15, -0.1) is 10.2 Å². The van der Waals surface area contributed by atoms with E-state index in [1.165, 1.54) is 11.3 Å². The van der Waals surface area contributed by atoms with Crippen LogP contribution in [-0.4, -0.2) is 26.6 Å². The highest BCUT2D eigenvalue weighted by Crippen LogP contribution is 2.39. The summed E-state index contributed by atoms with van der Waals surface area (Å²) in [4.78, 5) is 17.0. The molecule has 0 aliphatic carbocycles. The van der Waals surface area contributed by atoms with E-state index in [-0.39, 0.29) is 11.4 Å². The Balaban J connectivity index is 1.68. The highest BCUT2D eigenvalue weighted by molar-refractivity contribution is 7.17. The molecule has 27 heavy (non-hydrogen) atoms. The van der Waals surface area contributed by atoms with Crippen LogP contribution in [0.4, 0.5) is 0 Å². The second-order valence-corrected chi connectivity index (χ2v) is 7.94. The molecule has 1 aromatic carbocycles. The topological polar surface area (TPSA) is 65.0 Å². The largest absolute Gasteiger partial charge is 0.486 e. The van der Waals surface area contributed by atoms with Crippen LogP contribution in [0.15, 0.2) is 36.7 Å². The minimum Gasteiger partial charge on any atom is -0.486 e. The smallest absolute Gasteiger partial charge is 0.170 e. The zero-order valence-corrected chi connectivity index (χ0v) is 16.5. The number of hydrogen-bond donors (Lipinski definition) is 0. The standard InChI is InChI=1S/C21H21N3O2S/c1-4-21(5-2)10-17(25)16-9-14(6-7-18(16)26-21)19-23-24-20(27-19)15-8-13(3)11-22-12-15/h6-9,11-12H,4-5,10H2,1-3H3. The van der Waals surface area contributed by atoms with Crippen molar-refractivity contribution in [3.63, 3.8) is 0 Å². The highest BCUT2D eigenvalue weighted by atomic mass is 32.1. The predicted octanol–water partition coefficient (Wildman–Crippen LogP) is 5.10. The first-order valence-corrected chi connectivity index (χ1v) is 9.97. The van der Waals surface area contributed by atoms with Crippen LogP contribution in [0.2, 0.25) is 0 Å². The Morgan fingerprint density at radius 1 is 1.07 bits per heavy atom. The summed E-state index contributed by atoms with van der Waals surface area (Å²) in [5.41, 5.74) is 3.18. The summed E-state index contributed by atoms with van der Waals surface area (Å²) in [6.45, 7) is 6.14. The molecule has 0 saturated carbocycles. The lowest BCUT2D eigenvalue weighted by Gasteiger charge is -2.36. The maximum atomic E-state index is 12.7. The van der Waals surface area contributed by atoms with Crippen LogP contribution in [0.1, 0.15) is 49.0 Å². The molecule has 0 atom stereocenters. The van der Waals surface area contributed by atoms with Crippen LogP contribution < -0.4 is 4.74 Å². The number of hydrogen-bond acceptors (Lipinski definition) is 6. The Bertz CT molecular complexity index is 1010. The number of rotatable bonds is 4. The predicted molar refractivity (Wildman–Crippen MR) is 106 cm³/mol. The molecule has 6 heteroatoms. The van der Waals surface area contributed by atoms with Crippen LogP contribution >= 0.6 is 11.3 Å². The zero-order chi connectivity index (χ0) is 19.0. The van der Waals surface area contributed by atoms with E-state index in [1.54, 1.807) is 6.20 Å². The molecule has 0 radical (unpaired) electrons.